The van der Waals surface area contributed by atoms with Crippen LogP contribution in [-0.2, 0) is 9.59 Å². The molecule has 62 valence electrons. The highest BCUT2D eigenvalue weighted by atomic mass is 16.5. The average molecular weight is 158 g/mol. The maximum absolute atomic E-state index is 10.7. The number of hydrogen-bond donors (Lipinski definition) is 3. The molecular formula is C6H10N2O3. The molecule has 0 aliphatic rings. The Morgan fingerprint density at radius 1 is 1.55 bits per heavy atom. The van der Waals surface area contributed by atoms with Gasteiger partial charge in [-0.25, -0.2) is 5.48 Å². The van der Waals surface area contributed by atoms with Crippen molar-refractivity contribution in [1.29, 1.82) is 0 Å². The van der Waals surface area contributed by atoms with Gasteiger partial charge in [0.1, 0.15) is 0 Å². The highest BCUT2D eigenvalue weighted by Gasteiger charge is 2.03. The van der Waals surface area contributed by atoms with Crippen LogP contribution in [0.4, 0.5) is 0 Å². The Kier molecular flexibility index (Phi) is 3.90. The van der Waals surface area contributed by atoms with E-state index in [-0.39, 0.29) is 6.54 Å². The van der Waals surface area contributed by atoms with E-state index in [2.05, 4.69) is 11.9 Å². The molecule has 3 N–H and O–H groups in total. The van der Waals surface area contributed by atoms with E-state index >= 15 is 0 Å². The molecule has 2 amide bonds. The fourth-order valence-electron chi connectivity index (χ4n) is 0.351. The molecule has 0 aromatic carbocycles. The molecule has 0 atom stereocenters. The van der Waals surface area contributed by atoms with E-state index in [1.807, 2.05) is 0 Å². The zero-order chi connectivity index (χ0) is 8.85. The first-order valence-corrected chi connectivity index (χ1v) is 2.94. The Bertz CT molecular complexity index is 188. The molecule has 0 fully saturated rings. The van der Waals surface area contributed by atoms with E-state index in [0.29, 0.717) is 5.57 Å². The number of rotatable bonds is 3. The minimum atomic E-state index is -0.667. The lowest BCUT2D eigenvalue weighted by Gasteiger charge is -2.01. The zero-order valence-corrected chi connectivity index (χ0v) is 6.18. The number of carbonyl (C=O) groups excluding carboxylic acids is 2. The number of amides is 2. The molecule has 11 heavy (non-hydrogen) atoms. The summed E-state index contributed by atoms with van der Waals surface area (Å²) in [6.07, 6.45) is 0. The second kappa shape index (κ2) is 4.45. The predicted octanol–water partition coefficient (Wildman–Crippen LogP) is -0.816. The molecule has 0 unspecified atom stereocenters. The lowest BCUT2D eigenvalue weighted by Crippen LogP contribution is -2.35. The molecule has 0 spiro atoms. The quantitative estimate of drug-likeness (QED) is 0.285. The summed E-state index contributed by atoms with van der Waals surface area (Å²) in [5.74, 6) is -1.08. The summed E-state index contributed by atoms with van der Waals surface area (Å²) in [6.45, 7) is 4.62. The first-order valence-electron chi connectivity index (χ1n) is 2.94. The van der Waals surface area contributed by atoms with Gasteiger partial charge in [0, 0.05) is 5.57 Å². The van der Waals surface area contributed by atoms with Gasteiger partial charge >= 0.3 is 0 Å². The summed E-state index contributed by atoms with van der Waals surface area (Å²) < 4.78 is 0. The third kappa shape index (κ3) is 4.10. The van der Waals surface area contributed by atoms with Crippen molar-refractivity contribution in [2.24, 2.45) is 0 Å². The van der Waals surface area contributed by atoms with Crippen LogP contribution in [0, 0.1) is 0 Å². The van der Waals surface area contributed by atoms with Crippen LogP contribution in [0.3, 0.4) is 0 Å². The van der Waals surface area contributed by atoms with Crippen molar-refractivity contribution in [3.8, 4) is 0 Å². The van der Waals surface area contributed by atoms with Gasteiger partial charge in [0.15, 0.2) is 0 Å². The molecule has 0 aromatic rings. The molecule has 0 rings (SSSR count). The molecule has 0 aliphatic heterocycles. The first kappa shape index (κ1) is 9.64. The van der Waals surface area contributed by atoms with Crippen molar-refractivity contribution in [2.75, 3.05) is 6.54 Å². The van der Waals surface area contributed by atoms with Gasteiger partial charge in [-0.3, -0.25) is 14.8 Å². The van der Waals surface area contributed by atoms with Crippen LogP contribution < -0.4 is 10.8 Å². The largest absolute Gasteiger partial charge is 0.343 e. The minimum Gasteiger partial charge on any atom is -0.343 e. The monoisotopic (exact) mass is 158 g/mol. The van der Waals surface area contributed by atoms with Gasteiger partial charge in [-0.2, -0.15) is 0 Å². The van der Waals surface area contributed by atoms with E-state index in [4.69, 9.17) is 5.21 Å². The molecular weight excluding hydrogens is 148 g/mol. The molecule has 0 saturated heterocycles. The summed E-state index contributed by atoms with van der Waals surface area (Å²) >= 11 is 0. The summed E-state index contributed by atoms with van der Waals surface area (Å²) in [5.41, 5.74) is 1.69. The van der Waals surface area contributed by atoms with Crippen LogP contribution in [0.25, 0.3) is 0 Å². The van der Waals surface area contributed by atoms with Gasteiger partial charge in [-0.15, -0.1) is 0 Å². The van der Waals surface area contributed by atoms with Crippen molar-refractivity contribution in [1.82, 2.24) is 10.8 Å². The Hall–Kier alpha value is -1.36. The lowest BCUT2D eigenvalue weighted by atomic mass is 10.3. The van der Waals surface area contributed by atoms with Gasteiger partial charge in [0.2, 0.25) is 5.91 Å². The van der Waals surface area contributed by atoms with E-state index in [0.717, 1.165) is 0 Å². The minimum absolute atomic E-state index is 0.248. The average Bonchev–Trinajstić information content (AvgIpc) is 1.99. The normalized spacial score (nSPS) is 8.55. The topological polar surface area (TPSA) is 78.4 Å². The fraction of sp³-hybridized carbons (Fsp3) is 0.333. The molecule has 0 heterocycles. The van der Waals surface area contributed by atoms with Crippen molar-refractivity contribution in [2.45, 2.75) is 6.92 Å². The van der Waals surface area contributed by atoms with Crippen molar-refractivity contribution >= 4 is 11.8 Å². The SMILES string of the molecule is C=C(C)C(=O)NCC(=O)NO. The van der Waals surface area contributed by atoms with Crippen molar-refractivity contribution < 1.29 is 14.8 Å². The third-order valence-corrected chi connectivity index (χ3v) is 0.922. The van der Waals surface area contributed by atoms with E-state index in [1.54, 1.807) is 0 Å². The molecule has 5 heteroatoms. The fourth-order valence-corrected chi connectivity index (χ4v) is 0.351. The van der Waals surface area contributed by atoms with Crippen LogP contribution in [-0.4, -0.2) is 23.6 Å². The second-order valence-corrected chi connectivity index (χ2v) is 2.00. The summed E-state index contributed by atoms with van der Waals surface area (Å²) in [6, 6.07) is 0. The molecule has 0 aliphatic carbocycles. The van der Waals surface area contributed by atoms with Gasteiger partial charge < -0.3 is 5.32 Å². The number of hydrogen-bond acceptors (Lipinski definition) is 3. The highest BCUT2D eigenvalue weighted by Crippen LogP contribution is 1.83. The molecule has 5 nitrogen and oxygen atoms in total. The van der Waals surface area contributed by atoms with Gasteiger partial charge in [-0.05, 0) is 6.92 Å². The predicted molar refractivity (Wildman–Crippen MR) is 37.8 cm³/mol. The van der Waals surface area contributed by atoms with Crippen LogP contribution >= 0.6 is 0 Å². The van der Waals surface area contributed by atoms with Gasteiger partial charge in [0.05, 0.1) is 6.54 Å². The van der Waals surface area contributed by atoms with Crippen LogP contribution in [0.15, 0.2) is 12.2 Å². The maximum Gasteiger partial charge on any atom is 0.262 e. The standard InChI is InChI=1S/C6H10N2O3/c1-4(2)6(10)7-3-5(9)8-11/h11H,1,3H2,2H3,(H,7,10)(H,8,9). The summed E-state index contributed by atoms with van der Waals surface area (Å²) in [5, 5.41) is 10.2. The summed E-state index contributed by atoms with van der Waals surface area (Å²) in [7, 11) is 0. The Morgan fingerprint density at radius 3 is 2.45 bits per heavy atom. The van der Waals surface area contributed by atoms with Crippen molar-refractivity contribution in [3.05, 3.63) is 12.2 Å². The first-order chi connectivity index (χ1) is 5.07. The van der Waals surface area contributed by atoms with Crippen LogP contribution in [0.2, 0.25) is 0 Å². The molecule has 0 aromatic heterocycles. The Balaban J connectivity index is 3.63. The molecule has 0 radical (unpaired) electrons. The number of carbonyl (C=O) groups is 2. The Labute approximate surface area is 64.0 Å². The van der Waals surface area contributed by atoms with E-state index in [1.165, 1.54) is 12.4 Å². The zero-order valence-electron chi connectivity index (χ0n) is 6.18. The third-order valence-electron chi connectivity index (χ3n) is 0.922. The van der Waals surface area contributed by atoms with Crippen LogP contribution in [0.5, 0.6) is 0 Å². The molecule has 0 bridgehead atoms. The molecule has 0 saturated carbocycles. The van der Waals surface area contributed by atoms with Gasteiger partial charge in [-0.1, -0.05) is 6.58 Å². The van der Waals surface area contributed by atoms with Crippen LogP contribution in [0.1, 0.15) is 6.92 Å². The lowest BCUT2D eigenvalue weighted by molar-refractivity contribution is -0.130. The van der Waals surface area contributed by atoms with Crippen molar-refractivity contribution in [3.63, 3.8) is 0 Å². The van der Waals surface area contributed by atoms with Gasteiger partial charge in [0.25, 0.3) is 5.91 Å². The maximum atomic E-state index is 10.7. The number of nitrogens with one attached hydrogen (secondary N) is 2. The summed E-state index contributed by atoms with van der Waals surface area (Å²) in [4.78, 5) is 21.0. The smallest absolute Gasteiger partial charge is 0.262 e. The van der Waals surface area contributed by atoms with E-state index < -0.39 is 11.8 Å². The van der Waals surface area contributed by atoms with E-state index in [9.17, 15) is 9.59 Å². The number of hydroxylamine groups is 1. The highest BCUT2D eigenvalue weighted by molar-refractivity contribution is 5.94. The Morgan fingerprint density at radius 2 is 2.09 bits per heavy atom. The second-order valence-electron chi connectivity index (χ2n) is 2.00.